The Bertz CT molecular complexity index is 546. The van der Waals surface area contributed by atoms with Gasteiger partial charge in [-0.25, -0.2) is 4.39 Å². The normalized spacial score (nSPS) is 18.3. The number of rotatable bonds is 5. The zero-order chi connectivity index (χ0) is 14.5. The molecule has 2 rings (SSSR count). The molecule has 0 N–H and O–H groups in total. The van der Waals surface area contributed by atoms with Gasteiger partial charge in [0.05, 0.1) is 0 Å². The van der Waals surface area contributed by atoms with Gasteiger partial charge >= 0.3 is 0 Å². The van der Waals surface area contributed by atoms with Gasteiger partial charge in [-0.2, -0.15) is 4.39 Å². The second-order valence-electron chi connectivity index (χ2n) is 4.84. The van der Waals surface area contributed by atoms with Crippen LogP contribution in [-0.2, 0) is 0 Å². The first-order valence-electron chi connectivity index (χ1n) is 6.71. The molecule has 1 nitrogen and oxygen atoms in total. The summed E-state index contributed by atoms with van der Waals surface area (Å²) in [5.74, 6) is -1.42. The lowest BCUT2D eigenvalue weighted by Crippen LogP contribution is -2.05. The third-order valence-electron chi connectivity index (χ3n) is 3.53. The molecule has 0 heterocycles. The van der Waals surface area contributed by atoms with Gasteiger partial charge in [0.25, 0.3) is 0 Å². The van der Waals surface area contributed by atoms with Gasteiger partial charge in [0.15, 0.2) is 11.6 Å². The minimum absolute atomic E-state index is 0.0773. The van der Waals surface area contributed by atoms with Crippen LogP contribution in [-0.4, -0.2) is 6.61 Å². The zero-order valence-corrected chi connectivity index (χ0v) is 11.4. The molecular weight excluding hydrogens is 258 g/mol. The van der Waals surface area contributed by atoms with Crippen molar-refractivity contribution in [2.45, 2.75) is 19.3 Å². The maximum absolute atomic E-state index is 14.1. The number of halogens is 2. The van der Waals surface area contributed by atoms with Gasteiger partial charge in [0.2, 0.25) is 5.82 Å². The summed E-state index contributed by atoms with van der Waals surface area (Å²) in [6.45, 7) is 7.39. The predicted octanol–water partition coefficient (Wildman–Crippen LogP) is 4.90. The number of ether oxygens (including phenoxy) is 1. The van der Waals surface area contributed by atoms with Crippen molar-refractivity contribution in [2.24, 2.45) is 5.92 Å². The minimum atomic E-state index is -0.934. The smallest absolute Gasteiger partial charge is 0.201 e. The minimum Gasteiger partial charge on any atom is -0.486 e. The number of hydrogen-bond donors (Lipinski definition) is 0. The van der Waals surface area contributed by atoms with Crippen LogP contribution < -0.4 is 4.74 Å². The standard InChI is InChI=1S/C17H18F2O/c1-3-11-20-15-10-9-14(16(18)17(15)19)13-7-5-12(4-2)6-8-13/h3-4,7,9-10,12H,1-2,5-6,8,11H2. The molecule has 20 heavy (non-hydrogen) atoms. The van der Waals surface area contributed by atoms with E-state index in [1.807, 2.05) is 12.2 Å². The highest BCUT2D eigenvalue weighted by Crippen LogP contribution is 2.34. The average molecular weight is 276 g/mol. The van der Waals surface area contributed by atoms with Crippen molar-refractivity contribution in [3.05, 3.63) is 60.7 Å². The molecule has 0 aliphatic heterocycles. The van der Waals surface area contributed by atoms with E-state index >= 15 is 0 Å². The van der Waals surface area contributed by atoms with Crippen LogP contribution in [0.3, 0.4) is 0 Å². The highest BCUT2D eigenvalue weighted by atomic mass is 19.2. The van der Waals surface area contributed by atoms with Gasteiger partial charge in [0, 0.05) is 5.56 Å². The van der Waals surface area contributed by atoms with Crippen molar-refractivity contribution >= 4 is 5.57 Å². The molecule has 0 spiro atoms. The molecular formula is C17H18F2O. The van der Waals surface area contributed by atoms with Crippen LogP contribution in [0.15, 0.2) is 43.5 Å². The van der Waals surface area contributed by atoms with Crippen LogP contribution in [0.25, 0.3) is 5.57 Å². The maximum Gasteiger partial charge on any atom is 0.201 e. The van der Waals surface area contributed by atoms with E-state index in [-0.39, 0.29) is 12.4 Å². The fraction of sp³-hybridized carbons (Fsp3) is 0.294. The molecule has 0 fully saturated rings. The van der Waals surface area contributed by atoms with Gasteiger partial charge in [-0.3, -0.25) is 0 Å². The van der Waals surface area contributed by atoms with Crippen LogP contribution in [0.1, 0.15) is 24.8 Å². The van der Waals surface area contributed by atoms with E-state index in [0.717, 1.165) is 24.8 Å². The van der Waals surface area contributed by atoms with Crippen LogP contribution in [0.2, 0.25) is 0 Å². The van der Waals surface area contributed by atoms with E-state index in [2.05, 4.69) is 13.2 Å². The molecule has 1 aliphatic rings. The highest BCUT2D eigenvalue weighted by molar-refractivity contribution is 5.67. The predicted molar refractivity (Wildman–Crippen MR) is 77.6 cm³/mol. The summed E-state index contributed by atoms with van der Waals surface area (Å²) in [6.07, 6.45) is 7.86. The van der Waals surface area contributed by atoms with E-state index < -0.39 is 11.6 Å². The van der Waals surface area contributed by atoms with Gasteiger partial charge < -0.3 is 4.74 Å². The van der Waals surface area contributed by atoms with Crippen LogP contribution in [0.4, 0.5) is 8.78 Å². The summed E-state index contributed by atoms with van der Waals surface area (Å²) in [4.78, 5) is 0. The number of allylic oxidation sites excluding steroid dienone is 3. The first kappa shape index (κ1) is 14.5. The van der Waals surface area contributed by atoms with E-state index in [0.29, 0.717) is 11.5 Å². The Balaban J connectivity index is 2.25. The van der Waals surface area contributed by atoms with Gasteiger partial charge in [-0.15, -0.1) is 6.58 Å². The molecule has 1 aromatic rings. The van der Waals surface area contributed by atoms with Crippen molar-refractivity contribution < 1.29 is 13.5 Å². The summed E-state index contributed by atoms with van der Waals surface area (Å²) >= 11 is 0. The second kappa shape index (κ2) is 6.51. The molecule has 106 valence electrons. The molecule has 0 bridgehead atoms. The van der Waals surface area contributed by atoms with Crippen LogP contribution in [0.5, 0.6) is 5.75 Å². The third-order valence-corrected chi connectivity index (χ3v) is 3.53. The molecule has 3 heteroatoms. The quantitative estimate of drug-likeness (QED) is 0.695. The first-order valence-corrected chi connectivity index (χ1v) is 6.71. The van der Waals surface area contributed by atoms with Crippen molar-refractivity contribution in [3.63, 3.8) is 0 Å². The number of hydrogen-bond acceptors (Lipinski definition) is 1. The Hall–Kier alpha value is -1.90. The monoisotopic (exact) mass is 276 g/mol. The lowest BCUT2D eigenvalue weighted by Gasteiger charge is -2.20. The zero-order valence-electron chi connectivity index (χ0n) is 11.4. The summed E-state index contributed by atoms with van der Waals surface area (Å²) in [5.41, 5.74) is 1.19. The summed E-state index contributed by atoms with van der Waals surface area (Å²) in [6, 6.07) is 3.05. The highest BCUT2D eigenvalue weighted by Gasteiger charge is 2.19. The van der Waals surface area contributed by atoms with Crippen molar-refractivity contribution in [2.75, 3.05) is 6.61 Å². The molecule has 1 aliphatic carbocycles. The van der Waals surface area contributed by atoms with Crippen molar-refractivity contribution in [1.29, 1.82) is 0 Å². The third kappa shape index (κ3) is 2.98. The molecule has 0 radical (unpaired) electrons. The number of benzene rings is 1. The largest absolute Gasteiger partial charge is 0.486 e. The maximum atomic E-state index is 14.1. The van der Waals surface area contributed by atoms with E-state index in [4.69, 9.17) is 4.74 Å². The lowest BCUT2D eigenvalue weighted by molar-refractivity contribution is 0.332. The fourth-order valence-electron chi connectivity index (χ4n) is 2.35. The van der Waals surface area contributed by atoms with E-state index in [9.17, 15) is 8.78 Å². The molecule has 1 aromatic carbocycles. The van der Waals surface area contributed by atoms with Gasteiger partial charge in [0.1, 0.15) is 6.61 Å². The summed E-state index contributed by atoms with van der Waals surface area (Å²) in [7, 11) is 0. The lowest BCUT2D eigenvalue weighted by atomic mass is 9.86. The van der Waals surface area contributed by atoms with Crippen molar-refractivity contribution in [1.82, 2.24) is 0 Å². The fourth-order valence-corrected chi connectivity index (χ4v) is 2.35. The Morgan fingerprint density at radius 3 is 2.65 bits per heavy atom. The first-order chi connectivity index (χ1) is 9.67. The molecule has 1 unspecified atom stereocenters. The SMILES string of the molecule is C=CCOc1ccc(C2=CCC(C=C)CC2)c(F)c1F. The van der Waals surface area contributed by atoms with E-state index in [1.54, 1.807) is 6.07 Å². The van der Waals surface area contributed by atoms with Gasteiger partial charge in [-0.05, 0) is 42.9 Å². The Labute approximate surface area is 118 Å². The van der Waals surface area contributed by atoms with Gasteiger partial charge in [-0.1, -0.05) is 24.8 Å². The van der Waals surface area contributed by atoms with Crippen LogP contribution >= 0.6 is 0 Å². The molecule has 0 aromatic heterocycles. The Kier molecular flexibility index (Phi) is 4.72. The Morgan fingerprint density at radius 1 is 1.25 bits per heavy atom. The van der Waals surface area contributed by atoms with E-state index in [1.165, 1.54) is 12.1 Å². The molecule has 0 saturated heterocycles. The second-order valence-corrected chi connectivity index (χ2v) is 4.84. The molecule has 0 saturated carbocycles. The summed E-state index contributed by atoms with van der Waals surface area (Å²) in [5, 5.41) is 0. The Morgan fingerprint density at radius 2 is 2.05 bits per heavy atom. The molecule has 1 atom stereocenters. The van der Waals surface area contributed by atoms with Crippen LogP contribution in [0, 0.1) is 17.6 Å². The topological polar surface area (TPSA) is 9.23 Å². The molecule has 0 amide bonds. The summed E-state index contributed by atoms with van der Waals surface area (Å²) < 4.78 is 33.1. The average Bonchev–Trinajstić information content (AvgIpc) is 2.49. The van der Waals surface area contributed by atoms with Crippen molar-refractivity contribution in [3.8, 4) is 5.75 Å².